The molecule has 0 aliphatic heterocycles. The normalized spacial score (nSPS) is 9.50. The van der Waals surface area contributed by atoms with Gasteiger partial charge in [-0.25, -0.2) is 0 Å². The van der Waals surface area contributed by atoms with Crippen molar-refractivity contribution in [3.63, 3.8) is 0 Å². The number of ether oxygens (including phenoxy) is 1. The van der Waals surface area contributed by atoms with Gasteiger partial charge in [-0.15, -0.1) is 0 Å². The molecule has 0 saturated carbocycles. The van der Waals surface area contributed by atoms with Gasteiger partial charge in [-0.05, 0) is 18.6 Å². The fourth-order valence-electron chi connectivity index (χ4n) is 1.44. The van der Waals surface area contributed by atoms with Crippen LogP contribution in [0.5, 0.6) is 5.75 Å². The zero-order chi connectivity index (χ0) is 10.6. The number of nitrogens with two attached hydrogens (primary N) is 1. The molecule has 0 aliphatic carbocycles. The lowest BCUT2D eigenvalue weighted by atomic mass is 10.0. The van der Waals surface area contributed by atoms with E-state index in [4.69, 9.17) is 15.7 Å². The quantitative estimate of drug-likeness (QED) is 0.742. The van der Waals surface area contributed by atoms with Gasteiger partial charge < -0.3 is 10.5 Å². The first kappa shape index (κ1) is 10.4. The number of benzene rings is 1. The summed E-state index contributed by atoms with van der Waals surface area (Å²) in [5, 5.41) is 8.80. The highest BCUT2D eigenvalue weighted by atomic mass is 16.5. The van der Waals surface area contributed by atoms with Crippen LogP contribution in [0.15, 0.2) is 12.1 Å². The summed E-state index contributed by atoms with van der Waals surface area (Å²) < 4.78 is 5.19. The maximum Gasteiger partial charge on any atom is 0.124 e. The molecule has 1 rings (SSSR count). The zero-order valence-electron chi connectivity index (χ0n) is 8.50. The molecule has 74 valence electrons. The highest BCUT2D eigenvalue weighted by Gasteiger charge is 2.09. The van der Waals surface area contributed by atoms with E-state index in [0.717, 1.165) is 24.2 Å². The van der Waals surface area contributed by atoms with Crippen molar-refractivity contribution >= 4 is 5.69 Å². The van der Waals surface area contributed by atoms with Crippen molar-refractivity contribution in [2.75, 3.05) is 12.8 Å². The van der Waals surface area contributed by atoms with Crippen LogP contribution in [0.3, 0.4) is 0 Å². The number of nitriles is 1. The number of anilines is 1. The SMILES string of the molecule is CCCc1c(OC)ccc(C#N)c1N. The van der Waals surface area contributed by atoms with Crippen molar-refractivity contribution < 1.29 is 4.74 Å². The summed E-state index contributed by atoms with van der Waals surface area (Å²) in [6.45, 7) is 2.07. The molecular weight excluding hydrogens is 176 g/mol. The Bertz CT molecular complexity index is 366. The first-order valence-corrected chi connectivity index (χ1v) is 4.60. The summed E-state index contributed by atoms with van der Waals surface area (Å²) in [4.78, 5) is 0. The minimum Gasteiger partial charge on any atom is -0.496 e. The topological polar surface area (TPSA) is 59.0 Å². The van der Waals surface area contributed by atoms with Crippen molar-refractivity contribution in [2.24, 2.45) is 0 Å². The van der Waals surface area contributed by atoms with Crippen LogP contribution in [-0.4, -0.2) is 7.11 Å². The highest BCUT2D eigenvalue weighted by molar-refractivity contribution is 5.64. The van der Waals surface area contributed by atoms with Gasteiger partial charge in [-0.3, -0.25) is 0 Å². The van der Waals surface area contributed by atoms with Gasteiger partial charge in [0.25, 0.3) is 0 Å². The van der Waals surface area contributed by atoms with Gasteiger partial charge in [-0.1, -0.05) is 13.3 Å². The standard InChI is InChI=1S/C11H14N2O/c1-3-4-9-10(14-2)6-5-8(7-12)11(9)13/h5-6H,3-4,13H2,1-2H3. The number of nitrogens with zero attached hydrogens (tertiary/aromatic N) is 1. The van der Waals surface area contributed by atoms with Crippen LogP contribution in [0.1, 0.15) is 24.5 Å². The summed E-state index contributed by atoms with van der Waals surface area (Å²) >= 11 is 0. The molecule has 1 aromatic carbocycles. The Hall–Kier alpha value is -1.69. The summed E-state index contributed by atoms with van der Waals surface area (Å²) in [5.74, 6) is 0.767. The average molecular weight is 190 g/mol. The molecule has 0 unspecified atom stereocenters. The van der Waals surface area contributed by atoms with Gasteiger partial charge >= 0.3 is 0 Å². The molecule has 0 fully saturated rings. The smallest absolute Gasteiger partial charge is 0.124 e. The average Bonchev–Trinajstić information content (AvgIpc) is 2.21. The second-order valence-electron chi connectivity index (χ2n) is 3.07. The van der Waals surface area contributed by atoms with E-state index in [1.54, 1.807) is 19.2 Å². The van der Waals surface area contributed by atoms with Gasteiger partial charge in [-0.2, -0.15) is 5.26 Å². The fourth-order valence-corrected chi connectivity index (χ4v) is 1.44. The molecule has 1 aromatic rings. The Labute approximate surface area is 84.1 Å². The third kappa shape index (κ3) is 1.80. The van der Waals surface area contributed by atoms with Crippen molar-refractivity contribution in [3.8, 4) is 11.8 Å². The number of hydrogen-bond donors (Lipinski definition) is 1. The molecule has 3 nitrogen and oxygen atoms in total. The Morgan fingerprint density at radius 2 is 2.21 bits per heavy atom. The van der Waals surface area contributed by atoms with Gasteiger partial charge in [0.2, 0.25) is 0 Å². The van der Waals surface area contributed by atoms with Crippen molar-refractivity contribution in [3.05, 3.63) is 23.3 Å². The van der Waals surface area contributed by atoms with E-state index in [-0.39, 0.29) is 0 Å². The Morgan fingerprint density at radius 3 is 2.71 bits per heavy atom. The second kappa shape index (κ2) is 4.52. The van der Waals surface area contributed by atoms with E-state index in [1.807, 2.05) is 0 Å². The molecule has 0 amide bonds. The molecule has 2 N–H and O–H groups in total. The first-order chi connectivity index (χ1) is 6.74. The molecule has 0 saturated heterocycles. The first-order valence-electron chi connectivity index (χ1n) is 4.60. The predicted octanol–water partition coefficient (Wildman–Crippen LogP) is 2.10. The summed E-state index contributed by atoms with van der Waals surface area (Å²) in [7, 11) is 1.61. The third-order valence-electron chi connectivity index (χ3n) is 2.15. The molecule has 14 heavy (non-hydrogen) atoms. The fraction of sp³-hybridized carbons (Fsp3) is 0.364. The van der Waals surface area contributed by atoms with Gasteiger partial charge in [0.1, 0.15) is 11.8 Å². The highest BCUT2D eigenvalue weighted by Crippen LogP contribution is 2.28. The Balaban J connectivity index is 3.25. The summed E-state index contributed by atoms with van der Waals surface area (Å²) in [6, 6.07) is 5.54. The maximum absolute atomic E-state index is 8.80. The summed E-state index contributed by atoms with van der Waals surface area (Å²) in [6.07, 6.45) is 1.82. The number of nitrogen functional groups attached to an aromatic ring is 1. The van der Waals surface area contributed by atoms with E-state index in [0.29, 0.717) is 11.3 Å². The second-order valence-corrected chi connectivity index (χ2v) is 3.07. The van der Waals surface area contributed by atoms with Gasteiger partial charge in [0.15, 0.2) is 0 Å². The molecule has 0 aliphatic rings. The van der Waals surface area contributed by atoms with Crippen LogP contribution in [0, 0.1) is 11.3 Å². The molecular formula is C11H14N2O. The van der Waals surface area contributed by atoms with Crippen LogP contribution < -0.4 is 10.5 Å². The van der Waals surface area contributed by atoms with Crippen LogP contribution in [-0.2, 0) is 6.42 Å². The van der Waals surface area contributed by atoms with Crippen LogP contribution in [0.25, 0.3) is 0 Å². The van der Waals surface area contributed by atoms with Crippen LogP contribution >= 0.6 is 0 Å². The van der Waals surface area contributed by atoms with Gasteiger partial charge in [0.05, 0.1) is 18.4 Å². The summed E-state index contributed by atoms with van der Waals surface area (Å²) in [5.41, 5.74) is 7.86. The van der Waals surface area contributed by atoms with Crippen LogP contribution in [0.4, 0.5) is 5.69 Å². The van der Waals surface area contributed by atoms with Crippen molar-refractivity contribution in [1.82, 2.24) is 0 Å². The predicted molar refractivity (Wildman–Crippen MR) is 56.1 cm³/mol. The van der Waals surface area contributed by atoms with E-state index < -0.39 is 0 Å². The lowest BCUT2D eigenvalue weighted by molar-refractivity contribution is 0.409. The minimum atomic E-state index is 0.522. The van der Waals surface area contributed by atoms with E-state index in [1.165, 1.54) is 0 Å². The zero-order valence-corrected chi connectivity index (χ0v) is 8.50. The largest absolute Gasteiger partial charge is 0.496 e. The Morgan fingerprint density at radius 1 is 1.50 bits per heavy atom. The molecule has 0 atom stereocenters. The molecule has 0 radical (unpaired) electrons. The number of methoxy groups -OCH3 is 1. The van der Waals surface area contributed by atoms with E-state index in [2.05, 4.69) is 13.0 Å². The number of hydrogen-bond acceptors (Lipinski definition) is 3. The Kier molecular flexibility index (Phi) is 3.35. The number of rotatable bonds is 3. The third-order valence-corrected chi connectivity index (χ3v) is 2.15. The molecule has 3 heteroatoms. The van der Waals surface area contributed by atoms with Crippen LogP contribution in [0.2, 0.25) is 0 Å². The van der Waals surface area contributed by atoms with E-state index in [9.17, 15) is 0 Å². The lowest BCUT2D eigenvalue weighted by Gasteiger charge is -2.11. The molecule has 0 aromatic heterocycles. The molecule has 0 bridgehead atoms. The lowest BCUT2D eigenvalue weighted by Crippen LogP contribution is -2.00. The maximum atomic E-state index is 8.80. The molecule has 0 heterocycles. The van der Waals surface area contributed by atoms with Crippen molar-refractivity contribution in [1.29, 1.82) is 5.26 Å². The molecule has 0 spiro atoms. The van der Waals surface area contributed by atoms with E-state index >= 15 is 0 Å². The van der Waals surface area contributed by atoms with Crippen molar-refractivity contribution in [2.45, 2.75) is 19.8 Å². The minimum absolute atomic E-state index is 0.522. The van der Waals surface area contributed by atoms with Gasteiger partial charge in [0, 0.05) is 5.56 Å². The monoisotopic (exact) mass is 190 g/mol.